The van der Waals surface area contributed by atoms with Crippen LogP contribution in [0.15, 0.2) is 12.1 Å². The first kappa shape index (κ1) is 21.3. The van der Waals surface area contributed by atoms with Crippen LogP contribution in [0.1, 0.15) is 47.5 Å². The summed E-state index contributed by atoms with van der Waals surface area (Å²) in [6.07, 6.45) is 0. The van der Waals surface area contributed by atoms with Crippen LogP contribution in [0.25, 0.3) is 10.2 Å². The van der Waals surface area contributed by atoms with Crippen molar-refractivity contribution < 1.29 is 14.3 Å². The predicted molar refractivity (Wildman–Crippen MR) is 118 cm³/mol. The maximum absolute atomic E-state index is 13.1. The molecule has 3 rings (SSSR count). The molecule has 2 heterocycles. The van der Waals surface area contributed by atoms with Crippen LogP contribution in [0.3, 0.4) is 0 Å². The van der Waals surface area contributed by atoms with Crippen LogP contribution in [-0.2, 0) is 5.41 Å². The van der Waals surface area contributed by atoms with Crippen LogP contribution in [0.2, 0.25) is 5.02 Å². The number of nitrogens with zero attached hydrogens (tertiary/aromatic N) is 2. The number of fused-ring (bicyclic) bond motifs is 1. The fourth-order valence-corrected chi connectivity index (χ4v) is 4.40. The van der Waals surface area contributed by atoms with Crippen molar-refractivity contribution in [2.24, 2.45) is 0 Å². The number of amides is 1. The summed E-state index contributed by atoms with van der Waals surface area (Å²) in [6, 6.07) is 3.25. The Morgan fingerprint density at radius 2 is 1.76 bits per heavy atom. The van der Waals surface area contributed by atoms with Crippen LogP contribution >= 0.6 is 22.9 Å². The number of rotatable bonds is 4. The van der Waals surface area contributed by atoms with E-state index in [-0.39, 0.29) is 11.3 Å². The van der Waals surface area contributed by atoms with E-state index in [4.69, 9.17) is 26.1 Å². The van der Waals surface area contributed by atoms with E-state index in [1.54, 1.807) is 12.1 Å². The van der Waals surface area contributed by atoms with Crippen LogP contribution in [0, 0.1) is 13.8 Å². The van der Waals surface area contributed by atoms with Crippen molar-refractivity contribution in [1.82, 2.24) is 9.97 Å². The third kappa shape index (κ3) is 4.02. The fraction of sp³-hybridized carbons (Fsp3) is 0.381. The molecule has 0 spiro atoms. The minimum Gasteiger partial charge on any atom is -0.495 e. The van der Waals surface area contributed by atoms with Gasteiger partial charge in [-0.15, -0.1) is 11.3 Å². The van der Waals surface area contributed by atoms with Gasteiger partial charge in [0, 0.05) is 16.9 Å². The van der Waals surface area contributed by atoms with E-state index in [2.05, 4.69) is 31.1 Å². The summed E-state index contributed by atoms with van der Waals surface area (Å²) in [5.41, 5.74) is 2.03. The molecule has 6 nitrogen and oxygen atoms in total. The lowest BCUT2D eigenvalue weighted by Gasteiger charge is -2.16. The smallest absolute Gasteiger partial charge is 0.266 e. The number of hydrogen-bond acceptors (Lipinski definition) is 6. The molecule has 1 N–H and O–H groups in total. The number of halogens is 1. The van der Waals surface area contributed by atoms with Gasteiger partial charge in [-0.3, -0.25) is 4.79 Å². The quantitative estimate of drug-likeness (QED) is 0.585. The zero-order valence-electron chi connectivity index (χ0n) is 17.6. The zero-order valence-corrected chi connectivity index (χ0v) is 19.1. The molecule has 0 bridgehead atoms. The SMILES string of the molecule is COc1cc(OC)c(NC(=O)c2sc3nc(C(C)(C)C)nc(C)c3c2C)cc1Cl. The second-order valence-electron chi connectivity index (χ2n) is 7.76. The number of carbonyl (C=O) groups excluding carboxylic acids is 1. The van der Waals surface area contributed by atoms with Crippen LogP contribution < -0.4 is 14.8 Å². The molecule has 8 heteroatoms. The summed E-state index contributed by atoms with van der Waals surface area (Å²) < 4.78 is 10.6. The number of ether oxygens (including phenoxy) is 2. The van der Waals surface area contributed by atoms with Crippen LogP contribution in [0.4, 0.5) is 5.69 Å². The van der Waals surface area contributed by atoms with Gasteiger partial charge in [-0.1, -0.05) is 32.4 Å². The maximum atomic E-state index is 13.1. The molecule has 29 heavy (non-hydrogen) atoms. The van der Waals surface area contributed by atoms with Crippen molar-refractivity contribution >= 4 is 44.7 Å². The molecule has 0 saturated heterocycles. The number of nitrogens with one attached hydrogen (secondary N) is 1. The fourth-order valence-electron chi connectivity index (χ4n) is 3.03. The van der Waals surface area contributed by atoms with Crippen molar-refractivity contribution in [2.45, 2.75) is 40.0 Å². The number of aryl methyl sites for hydroxylation is 2. The Morgan fingerprint density at radius 3 is 2.34 bits per heavy atom. The third-order valence-corrected chi connectivity index (χ3v) is 6.05. The summed E-state index contributed by atoms with van der Waals surface area (Å²) >= 11 is 7.58. The minimum atomic E-state index is -0.248. The second-order valence-corrected chi connectivity index (χ2v) is 9.17. The summed E-state index contributed by atoms with van der Waals surface area (Å²) in [5.74, 6) is 1.45. The molecule has 0 saturated carbocycles. The Bertz CT molecular complexity index is 1100. The van der Waals surface area contributed by atoms with Gasteiger partial charge in [-0.2, -0.15) is 0 Å². The van der Waals surface area contributed by atoms with E-state index >= 15 is 0 Å². The van der Waals surface area contributed by atoms with E-state index in [1.165, 1.54) is 25.6 Å². The van der Waals surface area contributed by atoms with Gasteiger partial charge in [-0.25, -0.2) is 9.97 Å². The number of thiophene rings is 1. The predicted octanol–water partition coefficient (Wildman–Crippen LogP) is 5.53. The Kier molecular flexibility index (Phi) is 5.74. The molecule has 2 aromatic heterocycles. The Balaban J connectivity index is 2.03. The van der Waals surface area contributed by atoms with E-state index in [0.717, 1.165) is 27.3 Å². The summed E-state index contributed by atoms with van der Waals surface area (Å²) in [6.45, 7) is 10.1. The number of anilines is 1. The minimum absolute atomic E-state index is 0.174. The lowest BCUT2D eigenvalue weighted by atomic mass is 9.95. The molecule has 1 aromatic carbocycles. The highest BCUT2D eigenvalue weighted by molar-refractivity contribution is 7.20. The molecule has 0 unspecified atom stereocenters. The molecule has 3 aromatic rings. The average molecular weight is 434 g/mol. The molecule has 1 amide bonds. The lowest BCUT2D eigenvalue weighted by molar-refractivity contribution is 0.102. The van der Waals surface area contributed by atoms with Gasteiger partial charge in [0.2, 0.25) is 0 Å². The molecule has 0 radical (unpaired) electrons. The van der Waals surface area contributed by atoms with E-state index in [9.17, 15) is 4.79 Å². The van der Waals surface area contributed by atoms with Crippen molar-refractivity contribution in [3.05, 3.63) is 39.1 Å². The van der Waals surface area contributed by atoms with E-state index in [0.29, 0.717) is 27.1 Å². The molecule has 0 aliphatic heterocycles. The Morgan fingerprint density at radius 1 is 1.10 bits per heavy atom. The van der Waals surface area contributed by atoms with Gasteiger partial charge < -0.3 is 14.8 Å². The summed E-state index contributed by atoms with van der Waals surface area (Å²) in [4.78, 5) is 23.8. The highest BCUT2D eigenvalue weighted by Gasteiger charge is 2.24. The molecule has 0 aliphatic carbocycles. The van der Waals surface area contributed by atoms with Gasteiger partial charge >= 0.3 is 0 Å². The van der Waals surface area contributed by atoms with Crippen LogP contribution in [-0.4, -0.2) is 30.1 Å². The molecule has 154 valence electrons. The first-order chi connectivity index (χ1) is 13.6. The molecule has 0 atom stereocenters. The lowest BCUT2D eigenvalue weighted by Crippen LogP contribution is -2.16. The monoisotopic (exact) mass is 433 g/mol. The van der Waals surface area contributed by atoms with Gasteiger partial charge in [0.15, 0.2) is 0 Å². The number of aromatic nitrogens is 2. The molecular formula is C21H24ClN3O3S. The van der Waals surface area contributed by atoms with E-state index < -0.39 is 0 Å². The molecule has 0 fully saturated rings. The standard InChI is InChI=1S/C21H24ClN3O3S/c1-10-16-11(2)23-20(21(3,4)5)25-19(16)29-17(10)18(26)24-13-8-12(22)14(27-6)9-15(13)28-7/h8-9H,1-7H3,(H,24,26). The number of benzene rings is 1. The molecule has 0 aliphatic rings. The second kappa shape index (κ2) is 7.80. The normalized spacial score (nSPS) is 11.6. The van der Waals surface area contributed by atoms with Crippen molar-refractivity contribution in [2.75, 3.05) is 19.5 Å². The zero-order chi connectivity index (χ0) is 21.5. The third-order valence-electron chi connectivity index (χ3n) is 4.57. The largest absolute Gasteiger partial charge is 0.495 e. The Labute approximate surface area is 179 Å². The van der Waals surface area contributed by atoms with Crippen molar-refractivity contribution in [3.8, 4) is 11.5 Å². The maximum Gasteiger partial charge on any atom is 0.266 e. The van der Waals surface area contributed by atoms with Crippen molar-refractivity contribution in [3.63, 3.8) is 0 Å². The molecular weight excluding hydrogens is 410 g/mol. The van der Waals surface area contributed by atoms with Gasteiger partial charge in [-0.05, 0) is 25.5 Å². The van der Waals surface area contributed by atoms with Gasteiger partial charge in [0.05, 0.1) is 35.5 Å². The number of methoxy groups -OCH3 is 2. The topological polar surface area (TPSA) is 73.3 Å². The van der Waals surface area contributed by atoms with Crippen molar-refractivity contribution in [1.29, 1.82) is 0 Å². The Hall–Kier alpha value is -2.38. The highest BCUT2D eigenvalue weighted by atomic mass is 35.5. The number of hydrogen-bond donors (Lipinski definition) is 1. The highest BCUT2D eigenvalue weighted by Crippen LogP contribution is 2.38. The first-order valence-electron chi connectivity index (χ1n) is 9.08. The van der Waals surface area contributed by atoms with Gasteiger partial charge in [0.1, 0.15) is 22.2 Å². The van der Waals surface area contributed by atoms with Gasteiger partial charge in [0.25, 0.3) is 5.91 Å². The van der Waals surface area contributed by atoms with E-state index in [1.807, 2.05) is 13.8 Å². The number of carbonyl (C=O) groups is 1. The average Bonchev–Trinajstić information content (AvgIpc) is 2.98. The summed E-state index contributed by atoms with van der Waals surface area (Å²) in [7, 11) is 3.05. The summed E-state index contributed by atoms with van der Waals surface area (Å²) in [5, 5.41) is 4.20. The first-order valence-corrected chi connectivity index (χ1v) is 10.3. The van der Waals surface area contributed by atoms with Crippen LogP contribution in [0.5, 0.6) is 11.5 Å².